The molecule has 0 aliphatic carbocycles. The van der Waals surface area contributed by atoms with E-state index >= 15 is 0 Å². The molecule has 1 aromatic rings. The van der Waals surface area contributed by atoms with E-state index in [0.29, 0.717) is 5.05 Å². The molecular formula is C9H11NOS. The smallest absolute Gasteiger partial charge is 0.190 e. The molecule has 1 aromatic carbocycles. The summed E-state index contributed by atoms with van der Waals surface area (Å²) in [6.07, 6.45) is 0. The van der Waals surface area contributed by atoms with E-state index in [0.717, 1.165) is 16.8 Å². The Morgan fingerprint density at radius 2 is 2.17 bits per heavy atom. The highest BCUT2D eigenvalue weighted by Crippen LogP contribution is 2.13. The Hall–Kier alpha value is -1.09. The fraction of sp³-hybridized carbons (Fsp3) is 0.222. The molecule has 0 unspecified atom stereocenters. The van der Waals surface area contributed by atoms with Crippen LogP contribution in [-0.4, -0.2) is 12.2 Å². The highest BCUT2D eigenvalue weighted by atomic mass is 32.1. The lowest BCUT2D eigenvalue weighted by atomic mass is 10.1. The van der Waals surface area contributed by atoms with Crippen molar-refractivity contribution in [3.05, 3.63) is 29.3 Å². The zero-order valence-corrected chi connectivity index (χ0v) is 7.94. The molecule has 0 bridgehead atoms. The van der Waals surface area contributed by atoms with Gasteiger partial charge in [-0.3, -0.25) is 0 Å². The summed E-state index contributed by atoms with van der Waals surface area (Å²) in [6.45, 7) is 1.95. The Morgan fingerprint density at radius 3 is 2.67 bits per heavy atom. The second kappa shape index (κ2) is 3.54. The van der Waals surface area contributed by atoms with Gasteiger partial charge in [0.05, 0.1) is 7.11 Å². The van der Waals surface area contributed by atoms with Crippen molar-refractivity contribution in [2.75, 3.05) is 12.8 Å². The summed E-state index contributed by atoms with van der Waals surface area (Å²) in [5, 5.41) is 0.474. The second-order valence-corrected chi connectivity index (χ2v) is 2.93. The van der Waals surface area contributed by atoms with Crippen LogP contribution < -0.4 is 5.73 Å². The van der Waals surface area contributed by atoms with Gasteiger partial charge in [-0.2, -0.15) is 0 Å². The molecule has 0 spiro atoms. The number of aryl methyl sites for hydroxylation is 1. The van der Waals surface area contributed by atoms with E-state index in [1.807, 2.05) is 25.1 Å². The van der Waals surface area contributed by atoms with Gasteiger partial charge in [0.2, 0.25) is 0 Å². The Kier molecular flexibility index (Phi) is 2.65. The molecule has 2 N–H and O–H groups in total. The maximum atomic E-state index is 5.70. The SMILES string of the molecule is COC(=S)c1ccc(C)c(N)c1. The number of hydrogen-bond donors (Lipinski definition) is 1. The first-order valence-electron chi connectivity index (χ1n) is 3.59. The van der Waals surface area contributed by atoms with E-state index in [9.17, 15) is 0 Å². The molecule has 0 amide bonds. The summed E-state index contributed by atoms with van der Waals surface area (Å²) in [6, 6.07) is 5.65. The zero-order valence-electron chi connectivity index (χ0n) is 7.13. The maximum absolute atomic E-state index is 5.70. The first-order valence-corrected chi connectivity index (χ1v) is 4.00. The van der Waals surface area contributed by atoms with E-state index in [1.54, 1.807) is 7.11 Å². The van der Waals surface area contributed by atoms with Crippen LogP contribution in [0.3, 0.4) is 0 Å². The molecular weight excluding hydrogens is 170 g/mol. The third kappa shape index (κ3) is 1.74. The van der Waals surface area contributed by atoms with Crippen LogP contribution in [0.2, 0.25) is 0 Å². The van der Waals surface area contributed by atoms with Gasteiger partial charge in [-0.1, -0.05) is 6.07 Å². The van der Waals surface area contributed by atoms with Crippen LogP contribution in [0, 0.1) is 6.92 Å². The first kappa shape index (κ1) is 9.00. The molecule has 12 heavy (non-hydrogen) atoms. The van der Waals surface area contributed by atoms with Crippen molar-refractivity contribution < 1.29 is 4.74 Å². The lowest BCUT2D eigenvalue weighted by Gasteiger charge is -2.04. The average Bonchev–Trinajstić information content (AvgIpc) is 2.08. The van der Waals surface area contributed by atoms with Crippen LogP contribution in [0.1, 0.15) is 11.1 Å². The fourth-order valence-corrected chi connectivity index (χ4v) is 1.01. The summed E-state index contributed by atoms with van der Waals surface area (Å²) >= 11 is 4.95. The highest BCUT2D eigenvalue weighted by Gasteiger charge is 2.01. The third-order valence-corrected chi connectivity index (χ3v) is 2.10. The average molecular weight is 181 g/mol. The summed E-state index contributed by atoms with van der Waals surface area (Å²) in [5.74, 6) is 0. The van der Waals surface area contributed by atoms with Gasteiger partial charge in [0.1, 0.15) is 0 Å². The molecule has 0 fully saturated rings. The van der Waals surface area contributed by atoms with Crippen molar-refractivity contribution in [2.24, 2.45) is 0 Å². The minimum atomic E-state index is 0.474. The minimum absolute atomic E-state index is 0.474. The normalized spacial score (nSPS) is 9.50. The molecule has 64 valence electrons. The molecule has 0 aromatic heterocycles. The molecule has 0 aliphatic heterocycles. The Labute approximate surface area is 77.3 Å². The summed E-state index contributed by atoms with van der Waals surface area (Å²) in [4.78, 5) is 0. The maximum Gasteiger partial charge on any atom is 0.190 e. The molecule has 0 radical (unpaired) electrons. The minimum Gasteiger partial charge on any atom is -0.486 e. The number of benzene rings is 1. The van der Waals surface area contributed by atoms with Gasteiger partial charge in [0.25, 0.3) is 0 Å². The Morgan fingerprint density at radius 1 is 1.50 bits per heavy atom. The molecule has 3 heteroatoms. The standard InChI is InChI=1S/C9H11NOS/c1-6-3-4-7(5-8(6)10)9(12)11-2/h3-5H,10H2,1-2H3. The van der Waals surface area contributed by atoms with Crippen LogP contribution in [-0.2, 0) is 4.74 Å². The van der Waals surface area contributed by atoms with Crippen molar-refractivity contribution in [3.63, 3.8) is 0 Å². The Bertz CT molecular complexity index is 309. The van der Waals surface area contributed by atoms with Crippen molar-refractivity contribution in [3.8, 4) is 0 Å². The lowest BCUT2D eigenvalue weighted by molar-refractivity contribution is 0.416. The number of methoxy groups -OCH3 is 1. The first-order chi connectivity index (χ1) is 5.65. The van der Waals surface area contributed by atoms with E-state index < -0.39 is 0 Å². The van der Waals surface area contributed by atoms with Crippen molar-refractivity contribution >= 4 is 23.0 Å². The molecule has 2 nitrogen and oxygen atoms in total. The zero-order chi connectivity index (χ0) is 9.14. The van der Waals surface area contributed by atoms with Gasteiger partial charge in [-0.05, 0) is 36.8 Å². The van der Waals surface area contributed by atoms with Gasteiger partial charge in [-0.15, -0.1) is 0 Å². The highest BCUT2D eigenvalue weighted by molar-refractivity contribution is 7.80. The van der Waals surface area contributed by atoms with Crippen molar-refractivity contribution in [1.82, 2.24) is 0 Å². The number of anilines is 1. The number of ether oxygens (including phenoxy) is 1. The van der Waals surface area contributed by atoms with Gasteiger partial charge in [0, 0.05) is 11.3 Å². The quantitative estimate of drug-likeness (QED) is 0.531. The molecule has 0 saturated carbocycles. The number of nitrogens with two attached hydrogens (primary N) is 1. The van der Waals surface area contributed by atoms with Crippen LogP contribution in [0.4, 0.5) is 5.69 Å². The predicted octanol–water partition coefficient (Wildman–Crippen LogP) is 1.90. The van der Waals surface area contributed by atoms with E-state index in [2.05, 4.69) is 0 Å². The van der Waals surface area contributed by atoms with Crippen LogP contribution in [0.25, 0.3) is 0 Å². The molecule has 0 saturated heterocycles. The van der Waals surface area contributed by atoms with E-state index in [-0.39, 0.29) is 0 Å². The number of thiocarbonyl (C=S) groups is 1. The predicted molar refractivity (Wildman–Crippen MR) is 54.3 cm³/mol. The Balaban J connectivity index is 3.05. The monoisotopic (exact) mass is 181 g/mol. The van der Waals surface area contributed by atoms with E-state index in [1.165, 1.54) is 0 Å². The topological polar surface area (TPSA) is 35.2 Å². The second-order valence-electron chi connectivity index (χ2n) is 2.56. The number of hydrogen-bond acceptors (Lipinski definition) is 3. The summed E-state index contributed by atoms with van der Waals surface area (Å²) < 4.78 is 4.91. The van der Waals surface area contributed by atoms with Gasteiger partial charge in [0.15, 0.2) is 5.05 Å². The van der Waals surface area contributed by atoms with Crippen molar-refractivity contribution in [1.29, 1.82) is 0 Å². The van der Waals surface area contributed by atoms with Gasteiger partial charge >= 0.3 is 0 Å². The van der Waals surface area contributed by atoms with Crippen LogP contribution in [0.15, 0.2) is 18.2 Å². The van der Waals surface area contributed by atoms with E-state index in [4.69, 9.17) is 22.7 Å². The summed E-state index contributed by atoms with van der Waals surface area (Å²) in [7, 11) is 1.55. The molecule has 1 rings (SSSR count). The van der Waals surface area contributed by atoms with Crippen LogP contribution >= 0.6 is 12.2 Å². The third-order valence-electron chi connectivity index (χ3n) is 1.70. The molecule has 0 atom stereocenters. The number of rotatable bonds is 1. The van der Waals surface area contributed by atoms with Crippen molar-refractivity contribution in [2.45, 2.75) is 6.92 Å². The summed E-state index contributed by atoms with van der Waals surface area (Å²) in [5.41, 5.74) is 8.35. The number of nitrogen functional groups attached to an aromatic ring is 1. The lowest BCUT2D eigenvalue weighted by Crippen LogP contribution is -2.01. The van der Waals surface area contributed by atoms with Gasteiger partial charge in [-0.25, -0.2) is 0 Å². The fourth-order valence-electron chi connectivity index (χ4n) is 0.885. The van der Waals surface area contributed by atoms with Crippen LogP contribution in [0.5, 0.6) is 0 Å². The molecule has 0 aliphatic rings. The largest absolute Gasteiger partial charge is 0.486 e. The molecule has 0 heterocycles. The van der Waals surface area contributed by atoms with Gasteiger partial charge < -0.3 is 10.5 Å².